The zero-order valence-electron chi connectivity index (χ0n) is 14.5. The molecule has 144 valence electrons. The van der Waals surface area contributed by atoms with E-state index in [4.69, 9.17) is 5.26 Å². The van der Waals surface area contributed by atoms with Crippen LogP contribution in [-0.2, 0) is 0 Å². The van der Waals surface area contributed by atoms with Crippen molar-refractivity contribution in [2.24, 2.45) is 0 Å². The monoisotopic (exact) mass is 395 g/mol. The molecule has 29 heavy (non-hydrogen) atoms. The topological polar surface area (TPSA) is 121 Å². The maximum absolute atomic E-state index is 12.8. The van der Waals surface area contributed by atoms with Crippen LogP contribution in [0.1, 0.15) is 15.9 Å². The van der Waals surface area contributed by atoms with Crippen molar-refractivity contribution in [1.82, 2.24) is 24.8 Å². The third-order valence-corrected chi connectivity index (χ3v) is 3.99. The summed E-state index contributed by atoms with van der Waals surface area (Å²) in [5, 5.41) is 22.4. The van der Waals surface area contributed by atoms with Crippen LogP contribution in [0.25, 0.3) is 16.9 Å². The van der Waals surface area contributed by atoms with Gasteiger partial charge in [0, 0.05) is 24.2 Å². The Kier molecular flexibility index (Phi) is 4.58. The summed E-state index contributed by atoms with van der Waals surface area (Å²) in [4.78, 5) is 16.8. The van der Waals surface area contributed by atoms with Crippen molar-refractivity contribution in [2.45, 2.75) is 6.61 Å². The van der Waals surface area contributed by atoms with Gasteiger partial charge in [-0.1, -0.05) is 0 Å². The number of amides is 1. The molecule has 9 nitrogen and oxygen atoms in total. The highest BCUT2D eigenvalue weighted by Gasteiger charge is 2.20. The fourth-order valence-corrected chi connectivity index (χ4v) is 2.75. The summed E-state index contributed by atoms with van der Waals surface area (Å²) in [6.45, 7) is -3.07. The van der Waals surface area contributed by atoms with Crippen molar-refractivity contribution in [3.63, 3.8) is 0 Å². The molecule has 0 aliphatic heterocycles. The van der Waals surface area contributed by atoms with Crippen molar-refractivity contribution in [1.29, 1.82) is 5.26 Å². The molecule has 1 aromatic carbocycles. The van der Waals surface area contributed by atoms with E-state index in [9.17, 15) is 13.6 Å². The molecule has 11 heteroatoms. The summed E-state index contributed by atoms with van der Waals surface area (Å²) in [5.41, 5.74) is 1.25. The fourth-order valence-electron chi connectivity index (χ4n) is 2.75. The summed E-state index contributed by atoms with van der Waals surface area (Å²) in [5.74, 6) is -0.701. The number of alkyl halides is 2. The Hall–Kier alpha value is -4.33. The van der Waals surface area contributed by atoms with Gasteiger partial charge in [0.25, 0.3) is 5.91 Å². The minimum Gasteiger partial charge on any atom is -0.434 e. The van der Waals surface area contributed by atoms with E-state index in [0.717, 1.165) is 0 Å². The van der Waals surface area contributed by atoms with E-state index in [1.807, 2.05) is 6.07 Å². The van der Waals surface area contributed by atoms with Gasteiger partial charge in [0.15, 0.2) is 5.65 Å². The van der Waals surface area contributed by atoms with Gasteiger partial charge in [0.1, 0.15) is 17.0 Å². The lowest BCUT2D eigenvalue weighted by molar-refractivity contribution is -0.0494. The first-order valence-electron chi connectivity index (χ1n) is 8.19. The average molecular weight is 395 g/mol. The number of nitrogens with zero attached hydrogens (tertiary/aromatic N) is 5. The third kappa shape index (κ3) is 3.46. The van der Waals surface area contributed by atoms with E-state index >= 15 is 0 Å². The molecule has 0 saturated heterocycles. The number of aromatic amines is 1. The number of carbonyl (C=O) groups is 1. The standard InChI is InChI=1S/C18H11F2N7O2/c19-18(20)29-14-3-2-10(7-21)6-11(14)15-13(9-23-26-15)25-17(28)12-8-24-27-5-1-4-22-16(12)27/h1-6,8-9,18H,(H,23,26)(H,25,28). The summed E-state index contributed by atoms with van der Waals surface area (Å²) in [6, 6.07) is 7.53. The minimum atomic E-state index is -3.07. The van der Waals surface area contributed by atoms with E-state index in [0.29, 0.717) is 5.65 Å². The number of halogens is 2. The molecule has 4 rings (SSSR count). The van der Waals surface area contributed by atoms with E-state index in [1.54, 1.807) is 12.3 Å². The Morgan fingerprint density at radius 3 is 3.03 bits per heavy atom. The largest absolute Gasteiger partial charge is 0.434 e. The Morgan fingerprint density at radius 2 is 2.24 bits per heavy atom. The van der Waals surface area contributed by atoms with E-state index in [1.165, 1.54) is 41.3 Å². The van der Waals surface area contributed by atoms with Crippen LogP contribution in [-0.4, -0.2) is 37.3 Å². The predicted octanol–water partition coefficient (Wildman–Crippen LogP) is 2.84. The van der Waals surface area contributed by atoms with Gasteiger partial charge in [-0.3, -0.25) is 9.89 Å². The molecule has 0 unspecified atom stereocenters. The molecule has 0 aliphatic rings. The first kappa shape index (κ1) is 18.1. The van der Waals surface area contributed by atoms with Gasteiger partial charge in [-0.15, -0.1) is 0 Å². The molecule has 0 saturated carbocycles. The highest BCUT2D eigenvalue weighted by atomic mass is 19.3. The molecule has 3 heterocycles. The molecule has 0 aliphatic carbocycles. The van der Waals surface area contributed by atoms with Crippen LogP contribution in [0.5, 0.6) is 5.75 Å². The van der Waals surface area contributed by atoms with Crippen LogP contribution < -0.4 is 10.1 Å². The smallest absolute Gasteiger partial charge is 0.387 e. The number of hydrogen-bond acceptors (Lipinski definition) is 6. The number of rotatable bonds is 5. The van der Waals surface area contributed by atoms with Gasteiger partial charge in [-0.25, -0.2) is 9.50 Å². The number of anilines is 1. The lowest BCUT2D eigenvalue weighted by Crippen LogP contribution is -2.12. The number of carbonyl (C=O) groups excluding carboxylic acids is 1. The van der Waals surface area contributed by atoms with Gasteiger partial charge in [0.2, 0.25) is 0 Å². The molecule has 4 aromatic rings. The number of nitrogens with one attached hydrogen (secondary N) is 2. The Bertz CT molecular complexity index is 1240. The van der Waals surface area contributed by atoms with Crippen molar-refractivity contribution < 1.29 is 18.3 Å². The van der Waals surface area contributed by atoms with Gasteiger partial charge in [-0.05, 0) is 24.3 Å². The fraction of sp³-hybridized carbons (Fsp3) is 0.0556. The van der Waals surface area contributed by atoms with E-state index < -0.39 is 12.5 Å². The molecule has 0 atom stereocenters. The normalized spacial score (nSPS) is 10.8. The molecular formula is C18H11F2N7O2. The Balaban J connectivity index is 1.71. The SMILES string of the molecule is N#Cc1ccc(OC(F)F)c(-c2n[nH]cc2NC(=O)c2cnn3cccnc23)c1. The maximum atomic E-state index is 12.8. The summed E-state index contributed by atoms with van der Waals surface area (Å²) in [6.07, 6.45) is 5.92. The molecule has 2 N–H and O–H groups in total. The third-order valence-electron chi connectivity index (χ3n) is 3.99. The molecule has 1 amide bonds. The van der Waals surface area contributed by atoms with Crippen molar-refractivity contribution in [3.8, 4) is 23.1 Å². The molecular weight excluding hydrogens is 384 g/mol. The second kappa shape index (κ2) is 7.35. The van der Waals surface area contributed by atoms with Crippen molar-refractivity contribution in [3.05, 3.63) is 60.2 Å². The number of aromatic nitrogens is 5. The Labute approximate surface area is 161 Å². The second-order valence-electron chi connectivity index (χ2n) is 5.75. The molecule has 3 aromatic heterocycles. The van der Waals surface area contributed by atoms with Gasteiger partial charge in [-0.2, -0.15) is 24.2 Å². The zero-order valence-corrected chi connectivity index (χ0v) is 14.5. The first-order valence-corrected chi connectivity index (χ1v) is 8.19. The molecule has 0 spiro atoms. The van der Waals surface area contributed by atoms with Crippen LogP contribution in [0.3, 0.4) is 0 Å². The zero-order chi connectivity index (χ0) is 20.4. The van der Waals surface area contributed by atoms with Gasteiger partial charge < -0.3 is 10.1 Å². The van der Waals surface area contributed by atoms with E-state index in [-0.39, 0.29) is 33.8 Å². The summed E-state index contributed by atoms with van der Waals surface area (Å²) >= 11 is 0. The van der Waals surface area contributed by atoms with Crippen molar-refractivity contribution in [2.75, 3.05) is 5.32 Å². The highest BCUT2D eigenvalue weighted by molar-refractivity contribution is 6.09. The lowest BCUT2D eigenvalue weighted by atomic mass is 10.1. The quantitative estimate of drug-likeness (QED) is 0.536. The van der Waals surface area contributed by atoms with E-state index in [2.05, 4.69) is 30.3 Å². The van der Waals surface area contributed by atoms with Crippen LogP contribution >= 0.6 is 0 Å². The van der Waals surface area contributed by atoms with Crippen LogP contribution in [0.4, 0.5) is 14.5 Å². The van der Waals surface area contributed by atoms with Crippen LogP contribution in [0, 0.1) is 11.3 Å². The second-order valence-corrected chi connectivity index (χ2v) is 5.75. The summed E-state index contributed by atoms with van der Waals surface area (Å²) < 4.78 is 31.5. The van der Waals surface area contributed by atoms with Crippen molar-refractivity contribution >= 4 is 17.2 Å². The highest BCUT2D eigenvalue weighted by Crippen LogP contribution is 2.35. The maximum Gasteiger partial charge on any atom is 0.387 e. The number of hydrogen-bond donors (Lipinski definition) is 2. The van der Waals surface area contributed by atoms with Crippen LogP contribution in [0.2, 0.25) is 0 Å². The van der Waals surface area contributed by atoms with Gasteiger partial charge >= 0.3 is 6.61 Å². The lowest BCUT2D eigenvalue weighted by Gasteiger charge is -2.11. The predicted molar refractivity (Wildman–Crippen MR) is 96.3 cm³/mol. The number of fused-ring (bicyclic) bond motifs is 1. The first-order chi connectivity index (χ1) is 14.1. The number of ether oxygens (including phenoxy) is 1. The number of nitriles is 1. The summed E-state index contributed by atoms with van der Waals surface area (Å²) in [7, 11) is 0. The number of benzene rings is 1. The molecule has 0 fully saturated rings. The minimum absolute atomic E-state index is 0.124. The average Bonchev–Trinajstić information content (AvgIpc) is 3.34. The van der Waals surface area contributed by atoms with Gasteiger partial charge in [0.05, 0.1) is 23.5 Å². The van der Waals surface area contributed by atoms with Crippen LogP contribution in [0.15, 0.2) is 49.1 Å². The number of H-pyrrole nitrogens is 1. The Morgan fingerprint density at radius 1 is 1.38 bits per heavy atom. The molecule has 0 radical (unpaired) electrons. The molecule has 0 bridgehead atoms.